The first-order chi connectivity index (χ1) is 20.4. The summed E-state index contributed by atoms with van der Waals surface area (Å²) in [5.74, 6) is 0.221. The van der Waals surface area contributed by atoms with Crippen LogP contribution in [0.5, 0.6) is 5.75 Å². The van der Waals surface area contributed by atoms with Crippen LogP contribution in [-0.2, 0) is 16.0 Å². The van der Waals surface area contributed by atoms with E-state index in [1.807, 2.05) is 58.9 Å². The molecule has 1 saturated heterocycles. The van der Waals surface area contributed by atoms with E-state index >= 15 is 0 Å². The molecule has 11 heteroatoms. The fourth-order valence-electron chi connectivity index (χ4n) is 5.71. The molecule has 3 aromatic rings. The molecule has 4 rings (SSSR count). The van der Waals surface area contributed by atoms with Crippen LogP contribution in [0.15, 0.2) is 36.5 Å². The zero-order chi connectivity index (χ0) is 31.5. The second-order valence-electron chi connectivity index (χ2n) is 11.8. The lowest BCUT2D eigenvalue weighted by molar-refractivity contribution is 0.0245. The Balaban J connectivity index is 1.77. The summed E-state index contributed by atoms with van der Waals surface area (Å²) in [7, 11) is 2.95. The van der Waals surface area contributed by atoms with E-state index in [0.29, 0.717) is 49.7 Å². The highest BCUT2D eigenvalue weighted by molar-refractivity contribution is 5.96. The van der Waals surface area contributed by atoms with Crippen molar-refractivity contribution in [3.05, 3.63) is 58.8 Å². The highest BCUT2D eigenvalue weighted by Gasteiger charge is 2.32. The average molecular weight is 601 g/mol. The molecular weight excluding hydrogens is 558 g/mol. The smallest absolute Gasteiger partial charge is 0.419 e. The van der Waals surface area contributed by atoms with E-state index in [4.69, 9.17) is 14.2 Å². The van der Waals surface area contributed by atoms with Crippen molar-refractivity contribution < 1.29 is 32.6 Å². The predicted molar refractivity (Wildman–Crippen MR) is 162 cm³/mol. The van der Waals surface area contributed by atoms with Gasteiger partial charge in [-0.3, -0.25) is 14.4 Å². The number of hydrogen-bond donors (Lipinski definition) is 1. The first-order valence-corrected chi connectivity index (χ1v) is 14.5. The van der Waals surface area contributed by atoms with Crippen LogP contribution in [0.2, 0.25) is 0 Å². The number of esters is 1. The van der Waals surface area contributed by atoms with Gasteiger partial charge >= 0.3 is 12.1 Å². The van der Waals surface area contributed by atoms with Crippen LogP contribution >= 0.6 is 0 Å². The number of nitrogens with zero attached hydrogens (tertiary/aromatic N) is 3. The van der Waals surface area contributed by atoms with Crippen molar-refractivity contribution in [2.75, 3.05) is 52.3 Å². The van der Waals surface area contributed by atoms with Gasteiger partial charge in [-0.15, -0.1) is 0 Å². The molecule has 1 N–H and O–H groups in total. The average Bonchev–Trinajstić information content (AvgIpc) is 3.40. The zero-order valence-corrected chi connectivity index (χ0v) is 26.0. The number of aryl methyl sites for hydroxylation is 1. The molecular formula is C32H42F2N4O5. The van der Waals surface area contributed by atoms with Crippen LogP contribution in [0.1, 0.15) is 60.8 Å². The lowest BCUT2D eigenvalue weighted by Gasteiger charge is -2.42. The minimum Gasteiger partial charge on any atom is -0.496 e. The van der Waals surface area contributed by atoms with Crippen molar-refractivity contribution in [3.8, 4) is 5.75 Å². The number of aromatic nitrogens is 1. The summed E-state index contributed by atoms with van der Waals surface area (Å²) in [4.78, 5) is 29.5. The van der Waals surface area contributed by atoms with Gasteiger partial charge in [0.25, 0.3) is 6.43 Å². The van der Waals surface area contributed by atoms with E-state index in [2.05, 4.69) is 10.2 Å². The number of anilines is 1. The first kappa shape index (κ1) is 32.2. The largest absolute Gasteiger partial charge is 0.496 e. The van der Waals surface area contributed by atoms with Gasteiger partial charge < -0.3 is 19.5 Å². The maximum atomic E-state index is 13.4. The molecule has 1 aliphatic heterocycles. The molecule has 234 valence electrons. The Morgan fingerprint density at radius 2 is 1.86 bits per heavy atom. The number of piperazine rings is 1. The Morgan fingerprint density at radius 3 is 2.49 bits per heavy atom. The number of benzene rings is 2. The molecule has 1 aliphatic rings. The summed E-state index contributed by atoms with van der Waals surface area (Å²) >= 11 is 0. The highest BCUT2D eigenvalue weighted by Crippen LogP contribution is 2.37. The van der Waals surface area contributed by atoms with Crippen LogP contribution in [0, 0.1) is 6.92 Å². The van der Waals surface area contributed by atoms with Crippen LogP contribution < -0.4 is 10.1 Å². The van der Waals surface area contributed by atoms with Crippen molar-refractivity contribution >= 4 is 28.7 Å². The molecule has 1 unspecified atom stereocenters. The van der Waals surface area contributed by atoms with Gasteiger partial charge in [-0.1, -0.05) is 6.07 Å². The van der Waals surface area contributed by atoms with E-state index < -0.39 is 24.1 Å². The Kier molecular flexibility index (Phi) is 9.96. The van der Waals surface area contributed by atoms with Crippen molar-refractivity contribution in [1.82, 2.24) is 14.4 Å². The number of halogens is 2. The Bertz CT molecular complexity index is 1470. The normalized spacial score (nSPS) is 16.5. The maximum absolute atomic E-state index is 13.4. The minimum absolute atomic E-state index is 0.259. The van der Waals surface area contributed by atoms with Gasteiger partial charge in [0.05, 0.1) is 31.8 Å². The van der Waals surface area contributed by atoms with Crippen molar-refractivity contribution in [2.24, 2.45) is 0 Å². The van der Waals surface area contributed by atoms with Crippen LogP contribution in [-0.4, -0.2) is 85.4 Å². The monoisotopic (exact) mass is 600 g/mol. The van der Waals surface area contributed by atoms with E-state index in [1.165, 1.54) is 11.7 Å². The third-order valence-electron chi connectivity index (χ3n) is 7.57. The molecule has 0 radical (unpaired) electrons. The second kappa shape index (κ2) is 13.3. The third kappa shape index (κ3) is 7.27. The number of carbonyl (C=O) groups is 2. The number of fused-ring (bicyclic) bond motifs is 1. The number of methoxy groups -OCH3 is 2. The van der Waals surface area contributed by atoms with Gasteiger partial charge in [0.15, 0.2) is 0 Å². The lowest BCUT2D eigenvalue weighted by atomic mass is 9.97. The van der Waals surface area contributed by atoms with E-state index in [-0.39, 0.29) is 12.6 Å². The van der Waals surface area contributed by atoms with E-state index in [9.17, 15) is 18.4 Å². The van der Waals surface area contributed by atoms with E-state index in [0.717, 1.165) is 27.6 Å². The van der Waals surface area contributed by atoms with Gasteiger partial charge in [-0.25, -0.2) is 18.4 Å². The predicted octanol–water partition coefficient (Wildman–Crippen LogP) is 6.08. The summed E-state index contributed by atoms with van der Waals surface area (Å²) < 4.78 is 44.8. The SMILES string of the molecule is CCNc1cc(C2CN(CC(F)F)CCN2Cc2c(OC)cc(C)c3c2ccn3C(=O)OC(C)(C)C)ccc1C(=O)OC. The third-order valence-corrected chi connectivity index (χ3v) is 7.57. The first-order valence-electron chi connectivity index (χ1n) is 14.5. The molecule has 0 saturated carbocycles. The quantitative estimate of drug-likeness (QED) is 0.296. The molecule has 0 aliphatic carbocycles. The number of rotatable bonds is 9. The number of carbonyl (C=O) groups excluding carboxylic acids is 2. The van der Waals surface area contributed by atoms with Gasteiger partial charge in [0.1, 0.15) is 11.4 Å². The van der Waals surface area contributed by atoms with Crippen LogP contribution in [0.4, 0.5) is 19.3 Å². The Labute approximate surface area is 251 Å². The van der Waals surface area contributed by atoms with Gasteiger partial charge in [-0.2, -0.15) is 0 Å². The highest BCUT2D eigenvalue weighted by atomic mass is 19.3. The summed E-state index contributed by atoms with van der Waals surface area (Å²) in [6.07, 6.45) is -1.21. The van der Waals surface area contributed by atoms with Gasteiger partial charge in [-0.05, 0) is 70.0 Å². The molecule has 1 fully saturated rings. The van der Waals surface area contributed by atoms with Crippen LogP contribution in [0.3, 0.4) is 0 Å². The summed E-state index contributed by atoms with van der Waals surface area (Å²) in [6.45, 7) is 11.4. The number of nitrogens with one attached hydrogen (secondary N) is 1. The van der Waals surface area contributed by atoms with Crippen molar-refractivity contribution in [3.63, 3.8) is 0 Å². The fourth-order valence-corrected chi connectivity index (χ4v) is 5.71. The number of alkyl halides is 2. The molecule has 43 heavy (non-hydrogen) atoms. The molecule has 0 bridgehead atoms. The molecule has 0 spiro atoms. The Morgan fingerprint density at radius 1 is 1.12 bits per heavy atom. The molecule has 1 aromatic heterocycles. The molecule has 2 aromatic carbocycles. The maximum Gasteiger partial charge on any atom is 0.419 e. The molecule has 2 heterocycles. The van der Waals surface area contributed by atoms with Gasteiger partial charge in [0.2, 0.25) is 0 Å². The zero-order valence-electron chi connectivity index (χ0n) is 26.0. The summed E-state index contributed by atoms with van der Waals surface area (Å²) in [5, 5.41) is 4.09. The standard InChI is InChI=1S/C32H42F2N4O5/c1-8-35-25-16-21(9-10-23(25)30(39)42-7)26-18-36(19-28(33)34)13-14-37(26)17-24-22-11-12-38(31(40)43-32(3,4)5)29(22)20(2)15-27(24)41-6/h9-12,15-16,26,28,35H,8,13-14,17-19H2,1-7H3. The number of hydrogen-bond acceptors (Lipinski definition) is 8. The number of ether oxygens (including phenoxy) is 3. The van der Waals surface area contributed by atoms with Crippen molar-refractivity contribution in [1.29, 1.82) is 0 Å². The van der Waals surface area contributed by atoms with Gasteiger partial charge in [0, 0.05) is 61.6 Å². The topological polar surface area (TPSA) is 85.3 Å². The second-order valence-corrected chi connectivity index (χ2v) is 11.8. The lowest BCUT2D eigenvalue weighted by Crippen LogP contribution is -2.49. The molecule has 1 atom stereocenters. The van der Waals surface area contributed by atoms with Crippen molar-refractivity contribution in [2.45, 2.75) is 59.2 Å². The molecule has 0 amide bonds. The van der Waals surface area contributed by atoms with E-state index in [1.54, 1.807) is 24.3 Å². The Hall–Kier alpha value is -3.70. The molecule has 9 nitrogen and oxygen atoms in total. The fraction of sp³-hybridized carbons (Fsp3) is 0.500. The summed E-state index contributed by atoms with van der Waals surface area (Å²) in [6, 6.07) is 9.02. The van der Waals surface area contributed by atoms with Crippen LogP contribution in [0.25, 0.3) is 10.9 Å². The summed E-state index contributed by atoms with van der Waals surface area (Å²) in [5.41, 5.74) is 3.74. The minimum atomic E-state index is -2.45.